The summed E-state index contributed by atoms with van der Waals surface area (Å²) in [5.74, 6) is 0.722. The fourth-order valence-electron chi connectivity index (χ4n) is 3.47. The number of hydrogen-bond acceptors (Lipinski definition) is 2. The summed E-state index contributed by atoms with van der Waals surface area (Å²) in [6, 6.07) is 6.30. The molecule has 3 nitrogen and oxygen atoms in total. The molecule has 1 aromatic rings. The Hall–Kier alpha value is -1.51. The number of benzene rings is 1. The van der Waals surface area contributed by atoms with Crippen LogP contribution in [0.3, 0.4) is 0 Å². The molecule has 20 heavy (non-hydrogen) atoms. The zero-order chi connectivity index (χ0) is 13.9. The van der Waals surface area contributed by atoms with E-state index in [1.54, 1.807) is 0 Å². The molecule has 3 rings (SSSR count). The number of fused-ring (bicyclic) bond motifs is 1. The van der Waals surface area contributed by atoms with Crippen LogP contribution < -0.4 is 10.6 Å². The van der Waals surface area contributed by atoms with Gasteiger partial charge in [0.15, 0.2) is 0 Å². The van der Waals surface area contributed by atoms with Crippen molar-refractivity contribution in [3.8, 4) is 0 Å². The van der Waals surface area contributed by atoms with Gasteiger partial charge in [-0.05, 0) is 49.8 Å². The molecule has 1 saturated carbocycles. The van der Waals surface area contributed by atoms with Crippen molar-refractivity contribution in [1.82, 2.24) is 5.32 Å². The molecule has 0 bridgehead atoms. The number of carbonyl (C=O) groups excluding carboxylic acids is 1. The highest BCUT2D eigenvalue weighted by Gasteiger charge is 2.22. The molecule has 1 amide bonds. The number of carbonyl (C=O) groups is 1. The first-order valence-electron chi connectivity index (χ1n) is 7.92. The van der Waals surface area contributed by atoms with Gasteiger partial charge in [-0.1, -0.05) is 25.3 Å². The molecule has 108 valence electrons. The normalized spacial score (nSPS) is 20.1. The number of anilines is 1. The molecule has 2 aliphatic rings. The largest absolute Gasteiger partial charge is 0.384 e. The molecule has 1 atom stereocenters. The number of hydrogen-bond donors (Lipinski definition) is 2. The van der Waals surface area contributed by atoms with Gasteiger partial charge in [0, 0.05) is 23.8 Å². The van der Waals surface area contributed by atoms with E-state index in [0.717, 1.165) is 24.2 Å². The maximum Gasteiger partial charge on any atom is 0.251 e. The number of amides is 1. The molecule has 0 saturated heterocycles. The summed E-state index contributed by atoms with van der Waals surface area (Å²) in [6.07, 6.45) is 7.56. The highest BCUT2D eigenvalue weighted by atomic mass is 16.1. The van der Waals surface area contributed by atoms with Crippen LogP contribution in [-0.2, 0) is 6.42 Å². The minimum Gasteiger partial charge on any atom is -0.384 e. The van der Waals surface area contributed by atoms with Crippen LogP contribution in [0.1, 0.15) is 54.9 Å². The number of rotatable bonds is 3. The van der Waals surface area contributed by atoms with Crippen molar-refractivity contribution in [3.63, 3.8) is 0 Å². The van der Waals surface area contributed by atoms with Gasteiger partial charge in [-0.3, -0.25) is 4.79 Å². The quantitative estimate of drug-likeness (QED) is 0.886. The first-order valence-corrected chi connectivity index (χ1v) is 7.92. The monoisotopic (exact) mass is 272 g/mol. The van der Waals surface area contributed by atoms with Crippen molar-refractivity contribution in [2.75, 3.05) is 11.9 Å². The summed E-state index contributed by atoms with van der Waals surface area (Å²) >= 11 is 0. The average molecular weight is 272 g/mol. The Balaban J connectivity index is 1.63. The summed E-state index contributed by atoms with van der Waals surface area (Å²) in [4.78, 5) is 12.4. The van der Waals surface area contributed by atoms with Gasteiger partial charge in [0.1, 0.15) is 0 Å². The summed E-state index contributed by atoms with van der Waals surface area (Å²) in [6.45, 7) is 3.14. The second kappa shape index (κ2) is 5.86. The number of nitrogens with one attached hydrogen (secondary N) is 2. The van der Waals surface area contributed by atoms with Crippen LogP contribution in [0.25, 0.3) is 0 Å². The van der Waals surface area contributed by atoms with E-state index in [0.29, 0.717) is 5.92 Å². The van der Waals surface area contributed by atoms with Gasteiger partial charge in [-0.2, -0.15) is 0 Å². The van der Waals surface area contributed by atoms with Gasteiger partial charge in [-0.25, -0.2) is 0 Å². The zero-order valence-electron chi connectivity index (χ0n) is 12.2. The lowest BCUT2D eigenvalue weighted by atomic mass is 9.84. The third-order valence-electron chi connectivity index (χ3n) is 4.80. The lowest BCUT2D eigenvalue weighted by Crippen LogP contribution is -2.38. The molecular weight excluding hydrogens is 248 g/mol. The Morgan fingerprint density at radius 2 is 2.10 bits per heavy atom. The van der Waals surface area contributed by atoms with Crippen molar-refractivity contribution in [3.05, 3.63) is 29.3 Å². The molecule has 1 aromatic carbocycles. The summed E-state index contributed by atoms with van der Waals surface area (Å²) in [5, 5.41) is 6.52. The topological polar surface area (TPSA) is 41.1 Å². The molecular formula is C17H24N2O. The summed E-state index contributed by atoms with van der Waals surface area (Å²) < 4.78 is 0. The highest BCUT2D eigenvalue weighted by molar-refractivity contribution is 5.95. The van der Waals surface area contributed by atoms with Crippen LogP contribution in [0.2, 0.25) is 0 Å². The third-order valence-corrected chi connectivity index (χ3v) is 4.80. The Bertz CT molecular complexity index is 492. The van der Waals surface area contributed by atoms with Crippen LogP contribution in [0.4, 0.5) is 5.69 Å². The van der Waals surface area contributed by atoms with Crippen LogP contribution >= 0.6 is 0 Å². The van der Waals surface area contributed by atoms with Gasteiger partial charge in [0.05, 0.1) is 0 Å². The zero-order valence-corrected chi connectivity index (χ0v) is 12.2. The first kappa shape index (κ1) is 13.5. The SMILES string of the molecule is C[C@H](NC(=O)c1ccc2c(c1)NCC2)C1CCCCC1. The van der Waals surface area contributed by atoms with Crippen molar-refractivity contribution < 1.29 is 4.79 Å². The lowest BCUT2D eigenvalue weighted by molar-refractivity contribution is 0.0919. The fourth-order valence-corrected chi connectivity index (χ4v) is 3.47. The van der Waals surface area contributed by atoms with E-state index >= 15 is 0 Å². The summed E-state index contributed by atoms with van der Waals surface area (Å²) in [5.41, 5.74) is 3.23. The van der Waals surface area contributed by atoms with Crippen LogP contribution in [0, 0.1) is 5.92 Å². The molecule has 1 heterocycles. The molecule has 0 radical (unpaired) electrons. The Morgan fingerprint density at radius 3 is 2.90 bits per heavy atom. The van der Waals surface area contributed by atoms with Crippen LogP contribution in [-0.4, -0.2) is 18.5 Å². The minimum absolute atomic E-state index is 0.0690. The van der Waals surface area contributed by atoms with E-state index in [-0.39, 0.29) is 11.9 Å². The average Bonchev–Trinajstić information content (AvgIpc) is 2.95. The standard InChI is InChI=1S/C17H24N2O/c1-12(13-5-3-2-4-6-13)19-17(20)15-8-7-14-9-10-18-16(14)11-15/h7-8,11-13,18H,2-6,9-10H2,1H3,(H,19,20)/t12-/m0/s1. The van der Waals surface area contributed by atoms with Crippen molar-refractivity contribution in [1.29, 1.82) is 0 Å². The van der Waals surface area contributed by atoms with Crippen molar-refractivity contribution in [2.24, 2.45) is 5.92 Å². The maximum atomic E-state index is 12.4. The highest BCUT2D eigenvalue weighted by Crippen LogP contribution is 2.27. The van der Waals surface area contributed by atoms with E-state index in [2.05, 4.69) is 23.6 Å². The van der Waals surface area contributed by atoms with Crippen LogP contribution in [0.15, 0.2) is 18.2 Å². The molecule has 3 heteroatoms. The molecule has 0 spiro atoms. The third kappa shape index (κ3) is 2.82. The Labute approximate surface area is 121 Å². The minimum atomic E-state index is 0.0690. The molecule has 2 N–H and O–H groups in total. The van der Waals surface area contributed by atoms with Crippen molar-refractivity contribution in [2.45, 2.75) is 51.5 Å². The van der Waals surface area contributed by atoms with E-state index in [4.69, 9.17) is 0 Å². The Kier molecular flexibility index (Phi) is 3.95. The molecule has 0 aromatic heterocycles. The van der Waals surface area contributed by atoms with E-state index in [9.17, 15) is 4.79 Å². The fraction of sp³-hybridized carbons (Fsp3) is 0.588. The maximum absolute atomic E-state index is 12.4. The van der Waals surface area contributed by atoms with E-state index in [1.807, 2.05) is 12.1 Å². The van der Waals surface area contributed by atoms with Gasteiger partial charge >= 0.3 is 0 Å². The van der Waals surface area contributed by atoms with Gasteiger partial charge in [-0.15, -0.1) is 0 Å². The molecule has 1 aliphatic carbocycles. The molecule has 0 unspecified atom stereocenters. The lowest BCUT2D eigenvalue weighted by Gasteiger charge is -2.28. The second-order valence-corrected chi connectivity index (χ2v) is 6.21. The van der Waals surface area contributed by atoms with Crippen molar-refractivity contribution >= 4 is 11.6 Å². The molecule has 1 fully saturated rings. The smallest absolute Gasteiger partial charge is 0.251 e. The predicted octanol–water partition coefficient (Wildman–Crippen LogP) is 3.35. The molecule has 1 aliphatic heterocycles. The predicted molar refractivity (Wildman–Crippen MR) is 82.1 cm³/mol. The van der Waals surface area contributed by atoms with Gasteiger partial charge < -0.3 is 10.6 Å². The van der Waals surface area contributed by atoms with E-state index in [1.165, 1.54) is 37.7 Å². The second-order valence-electron chi connectivity index (χ2n) is 6.21. The van der Waals surface area contributed by atoms with Gasteiger partial charge in [0.2, 0.25) is 0 Å². The first-order chi connectivity index (χ1) is 9.74. The van der Waals surface area contributed by atoms with Gasteiger partial charge in [0.25, 0.3) is 5.91 Å². The van der Waals surface area contributed by atoms with Crippen LogP contribution in [0.5, 0.6) is 0 Å². The Morgan fingerprint density at radius 1 is 1.30 bits per heavy atom. The summed E-state index contributed by atoms with van der Waals surface area (Å²) in [7, 11) is 0. The van der Waals surface area contributed by atoms with E-state index < -0.39 is 0 Å².